The van der Waals surface area contributed by atoms with E-state index in [2.05, 4.69) is 0 Å². The molecule has 0 spiro atoms. The van der Waals surface area contributed by atoms with Gasteiger partial charge < -0.3 is 10.5 Å². The topological polar surface area (TPSA) is 96.0 Å². The van der Waals surface area contributed by atoms with E-state index in [9.17, 15) is 13.9 Å². The average molecular weight is 361 g/mol. The number of ether oxygens (including phenoxy) is 1. The van der Waals surface area contributed by atoms with Crippen LogP contribution in [0.1, 0.15) is 17.9 Å². The molecule has 1 saturated heterocycles. The van der Waals surface area contributed by atoms with Gasteiger partial charge in [0.2, 0.25) is 0 Å². The number of cyclic esters (lactones) is 1. The fourth-order valence-electron chi connectivity index (χ4n) is 2.72. The summed E-state index contributed by atoms with van der Waals surface area (Å²) in [5.41, 5.74) is 7.41. The number of carbonyl (C=O) groups is 1. The summed E-state index contributed by atoms with van der Waals surface area (Å²) in [6.45, 7) is 0.790. The first-order valence-electron chi connectivity index (χ1n) is 7.21. The number of anilines is 1. The highest BCUT2D eigenvalue weighted by molar-refractivity contribution is 8.26. The Morgan fingerprint density at radius 1 is 1.30 bits per heavy atom. The third-order valence-corrected chi connectivity index (χ3v) is 5.46. The monoisotopic (exact) mass is 360 g/mol. The Balaban J connectivity index is 0.00000192. The van der Waals surface area contributed by atoms with E-state index in [-0.39, 0.29) is 30.5 Å². The van der Waals surface area contributed by atoms with Gasteiger partial charge in [-0.25, -0.2) is 4.79 Å². The van der Waals surface area contributed by atoms with Crippen molar-refractivity contribution in [1.82, 2.24) is 0 Å². The summed E-state index contributed by atoms with van der Waals surface area (Å²) < 4.78 is 24.3. The van der Waals surface area contributed by atoms with Gasteiger partial charge in [0.05, 0.1) is 6.54 Å². The largest absolute Gasteiger partial charge is 0.443 e. The van der Waals surface area contributed by atoms with Crippen molar-refractivity contribution in [2.24, 2.45) is 5.73 Å². The number of amides is 1. The first kappa shape index (κ1) is 18.1. The van der Waals surface area contributed by atoms with Crippen molar-refractivity contribution >= 4 is 34.8 Å². The SMILES string of the molecule is Cl.NC[C@H]1CN(c2ccc(C3C=CS(O)(O)CC3)cc2)C(=O)O1. The van der Waals surface area contributed by atoms with Crippen LogP contribution in [0.3, 0.4) is 0 Å². The zero-order chi connectivity index (χ0) is 15.7. The molecule has 6 nitrogen and oxygen atoms in total. The van der Waals surface area contributed by atoms with Gasteiger partial charge in [0.15, 0.2) is 0 Å². The van der Waals surface area contributed by atoms with Crippen LogP contribution in [-0.4, -0.2) is 40.1 Å². The Morgan fingerprint density at radius 3 is 2.52 bits per heavy atom. The number of hydrogen-bond acceptors (Lipinski definition) is 5. The summed E-state index contributed by atoms with van der Waals surface area (Å²) in [6.07, 6.45) is 1.94. The van der Waals surface area contributed by atoms with Crippen molar-refractivity contribution in [3.63, 3.8) is 0 Å². The van der Waals surface area contributed by atoms with Gasteiger partial charge in [-0.3, -0.25) is 14.0 Å². The van der Waals surface area contributed by atoms with Crippen LogP contribution in [0.5, 0.6) is 0 Å². The summed E-state index contributed by atoms with van der Waals surface area (Å²) in [5.74, 6) is 0.573. The molecule has 4 N–H and O–H groups in total. The maximum Gasteiger partial charge on any atom is 0.414 e. The molecule has 23 heavy (non-hydrogen) atoms. The molecule has 1 unspecified atom stereocenters. The number of nitrogens with zero attached hydrogens (tertiary/aromatic N) is 1. The normalized spacial score (nSPS) is 27.3. The van der Waals surface area contributed by atoms with Gasteiger partial charge in [0.25, 0.3) is 0 Å². The lowest BCUT2D eigenvalue weighted by atomic mass is 9.96. The maximum atomic E-state index is 11.8. The molecule has 3 rings (SSSR count). The zero-order valence-electron chi connectivity index (χ0n) is 12.5. The van der Waals surface area contributed by atoms with Crippen molar-refractivity contribution in [1.29, 1.82) is 0 Å². The highest BCUT2D eigenvalue weighted by Crippen LogP contribution is 2.47. The summed E-state index contributed by atoms with van der Waals surface area (Å²) >= 11 is 0. The zero-order valence-corrected chi connectivity index (χ0v) is 14.1. The molecule has 8 heteroatoms. The van der Waals surface area contributed by atoms with Gasteiger partial charge >= 0.3 is 6.09 Å². The number of halogens is 1. The molecule has 1 aromatic rings. The van der Waals surface area contributed by atoms with Gasteiger partial charge in [-0.2, -0.15) is 10.6 Å². The third kappa shape index (κ3) is 3.99. The van der Waals surface area contributed by atoms with E-state index in [0.29, 0.717) is 25.3 Å². The summed E-state index contributed by atoms with van der Waals surface area (Å²) in [7, 11) is -2.52. The second kappa shape index (κ2) is 7.11. The Hall–Kier alpha value is -1.25. The van der Waals surface area contributed by atoms with Crippen LogP contribution >= 0.6 is 23.0 Å². The number of hydrogen-bond donors (Lipinski definition) is 3. The standard InChI is InChI=1S/C15H20N2O4S.ClH/c16-9-14-10-17(15(18)21-14)13-3-1-11(2-4-13)12-5-7-22(19,20)8-6-12;/h1-5,7,12,14,19-20H,6,8-10,16H2;1H/t12?,14-;/m0./s1. The number of allylic oxidation sites excluding steroid dienone is 1. The van der Waals surface area contributed by atoms with Crippen LogP contribution in [0.2, 0.25) is 0 Å². The van der Waals surface area contributed by atoms with Gasteiger partial charge in [-0.05, 0) is 24.1 Å². The Bertz CT molecular complexity index is 594. The molecule has 128 valence electrons. The van der Waals surface area contributed by atoms with Crippen molar-refractivity contribution in [3.8, 4) is 0 Å². The van der Waals surface area contributed by atoms with E-state index in [1.807, 2.05) is 30.3 Å². The number of carbonyl (C=O) groups excluding carboxylic acids is 1. The molecule has 2 heterocycles. The first-order chi connectivity index (χ1) is 10.5. The van der Waals surface area contributed by atoms with Crippen molar-refractivity contribution in [2.75, 3.05) is 23.7 Å². The number of rotatable bonds is 3. The second-order valence-corrected chi connectivity index (χ2v) is 7.70. The van der Waals surface area contributed by atoms with Crippen LogP contribution in [0, 0.1) is 0 Å². The molecule has 0 bridgehead atoms. The fourth-order valence-corrected chi connectivity index (χ4v) is 3.90. The summed E-state index contributed by atoms with van der Waals surface area (Å²) in [4.78, 5) is 13.4. The lowest BCUT2D eigenvalue weighted by molar-refractivity contribution is 0.145. The van der Waals surface area contributed by atoms with Crippen LogP contribution in [0.15, 0.2) is 35.7 Å². The van der Waals surface area contributed by atoms with E-state index >= 15 is 0 Å². The summed E-state index contributed by atoms with van der Waals surface area (Å²) in [5, 5.41) is 1.51. The van der Waals surface area contributed by atoms with E-state index < -0.39 is 10.6 Å². The predicted molar refractivity (Wildman–Crippen MR) is 94.6 cm³/mol. The lowest BCUT2D eigenvalue weighted by Gasteiger charge is -2.33. The molecule has 0 aliphatic carbocycles. The lowest BCUT2D eigenvalue weighted by Crippen LogP contribution is -2.27. The molecular formula is C15H21ClN2O4S. The molecule has 2 aliphatic heterocycles. The van der Waals surface area contributed by atoms with E-state index in [4.69, 9.17) is 10.5 Å². The Labute approximate surface area is 143 Å². The quantitative estimate of drug-likeness (QED) is 0.769. The summed E-state index contributed by atoms with van der Waals surface area (Å²) in [6, 6.07) is 7.70. The van der Waals surface area contributed by atoms with E-state index in [1.54, 1.807) is 4.90 Å². The van der Waals surface area contributed by atoms with Gasteiger partial charge in [0.1, 0.15) is 6.10 Å². The van der Waals surface area contributed by atoms with Gasteiger partial charge in [0, 0.05) is 29.3 Å². The molecule has 1 amide bonds. The number of nitrogens with two attached hydrogens (primary N) is 1. The minimum atomic E-state index is -2.52. The second-order valence-electron chi connectivity index (χ2n) is 5.59. The molecule has 1 fully saturated rings. The molecular weight excluding hydrogens is 340 g/mol. The van der Waals surface area contributed by atoms with Crippen LogP contribution in [-0.2, 0) is 4.74 Å². The average Bonchev–Trinajstić information content (AvgIpc) is 2.89. The van der Waals surface area contributed by atoms with Crippen LogP contribution in [0.25, 0.3) is 0 Å². The van der Waals surface area contributed by atoms with E-state index in [0.717, 1.165) is 11.3 Å². The highest BCUT2D eigenvalue weighted by atomic mass is 35.5. The molecule has 0 aromatic heterocycles. The molecule has 2 aliphatic rings. The number of benzene rings is 1. The first-order valence-corrected chi connectivity index (χ1v) is 8.99. The van der Waals surface area contributed by atoms with Gasteiger partial charge in [-0.15, -0.1) is 12.4 Å². The van der Waals surface area contributed by atoms with Crippen LogP contribution in [0.4, 0.5) is 10.5 Å². The highest BCUT2D eigenvalue weighted by Gasteiger charge is 2.31. The van der Waals surface area contributed by atoms with Crippen molar-refractivity contribution < 1.29 is 18.6 Å². The molecule has 0 radical (unpaired) electrons. The smallest absolute Gasteiger partial charge is 0.414 e. The Kier molecular flexibility index (Phi) is 5.59. The van der Waals surface area contributed by atoms with Crippen LogP contribution < -0.4 is 10.6 Å². The predicted octanol–water partition coefficient (Wildman–Crippen LogP) is 3.14. The van der Waals surface area contributed by atoms with Crippen molar-refractivity contribution in [3.05, 3.63) is 41.3 Å². The Morgan fingerprint density at radius 2 is 2.00 bits per heavy atom. The molecule has 1 aromatic carbocycles. The van der Waals surface area contributed by atoms with E-state index in [1.165, 1.54) is 5.41 Å². The fraction of sp³-hybridized carbons (Fsp3) is 0.400. The third-order valence-electron chi connectivity index (χ3n) is 4.03. The van der Waals surface area contributed by atoms with Gasteiger partial charge in [-0.1, -0.05) is 18.2 Å². The minimum absolute atomic E-state index is 0. The van der Waals surface area contributed by atoms with Crippen molar-refractivity contribution in [2.45, 2.75) is 18.4 Å². The molecule has 0 saturated carbocycles. The maximum absolute atomic E-state index is 11.8. The molecule has 2 atom stereocenters. The minimum Gasteiger partial charge on any atom is -0.443 e.